The molecule has 0 aliphatic heterocycles. The number of hydrogen-bond donors (Lipinski definition) is 0. The maximum absolute atomic E-state index is 14.8. The topological polar surface area (TPSA) is 81.7 Å². The highest BCUT2D eigenvalue weighted by Crippen LogP contribution is 2.48. The van der Waals surface area contributed by atoms with Gasteiger partial charge in [-0.1, -0.05) is 103 Å². The molecule has 0 heterocycles. The van der Waals surface area contributed by atoms with Gasteiger partial charge in [0.25, 0.3) is 0 Å². The Bertz CT molecular complexity index is 1720. The largest absolute Gasteiger partial charge is 0.496 e. The zero-order valence-electron chi connectivity index (χ0n) is 27.6. The minimum atomic E-state index is -0.930. The van der Waals surface area contributed by atoms with Gasteiger partial charge in [-0.25, -0.2) is 0 Å². The van der Waals surface area contributed by atoms with Crippen molar-refractivity contribution in [3.05, 3.63) is 149 Å². The van der Waals surface area contributed by atoms with Crippen molar-refractivity contribution in [1.29, 1.82) is 0 Å². The Hall–Kier alpha value is -5.31. The van der Waals surface area contributed by atoms with Crippen LogP contribution in [-0.4, -0.2) is 40.5 Å². The van der Waals surface area contributed by atoms with Crippen LogP contribution >= 0.6 is 0 Å². The summed E-state index contributed by atoms with van der Waals surface area (Å²) in [7, 11) is 6.01. The molecular formula is C40H40O8. The minimum absolute atomic E-state index is 0.166. The first-order chi connectivity index (χ1) is 23.6. The van der Waals surface area contributed by atoms with Crippen LogP contribution in [0.2, 0.25) is 0 Å². The molecular weight excluding hydrogens is 608 g/mol. The fourth-order valence-corrected chi connectivity index (χ4v) is 5.36. The van der Waals surface area contributed by atoms with Crippen LogP contribution in [0.5, 0.6) is 28.7 Å². The maximum Gasteiger partial charge on any atom is 0.204 e. The summed E-state index contributed by atoms with van der Waals surface area (Å²) in [4.78, 5) is 14.8. The van der Waals surface area contributed by atoms with Crippen LogP contribution in [0.15, 0.2) is 121 Å². The Morgan fingerprint density at radius 3 is 1.52 bits per heavy atom. The van der Waals surface area contributed by atoms with Gasteiger partial charge in [-0.3, -0.25) is 4.79 Å². The molecule has 0 N–H and O–H groups in total. The van der Waals surface area contributed by atoms with Crippen molar-refractivity contribution >= 4 is 5.78 Å². The Morgan fingerprint density at radius 2 is 1.04 bits per heavy atom. The van der Waals surface area contributed by atoms with Gasteiger partial charge < -0.3 is 33.2 Å². The highest BCUT2D eigenvalue weighted by atomic mass is 16.7. The van der Waals surface area contributed by atoms with Gasteiger partial charge >= 0.3 is 0 Å². The molecule has 5 aromatic carbocycles. The fourth-order valence-electron chi connectivity index (χ4n) is 5.36. The van der Waals surface area contributed by atoms with E-state index in [2.05, 4.69) is 0 Å². The molecule has 8 heteroatoms. The van der Waals surface area contributed by atoms with Crippen molar-refractivity contribution in [1.82, 2.24) is 0 Å². The first-order valence-electron chi connectivity index (χ1n) is 15.5. The van der Waals surface area contributed by atoms with E-state index in [9.17, 15) is 4.79 Å². The predicted molar refractivity (Wildman–Crippen MR) is 183 cm³/mol. The third-order valence-electron chi connectivity index (χ3n) is 7.81. The van der Waals surface area contributed by atoms with Crippen LogP contribution < -0.4 is 23.7 Å². The number of methoxy groups -OCH3 is 4. The summed E-state index contributed by atoms with van der Waals surface area (Å²) in [5.74, 6) is 0.473. The van der Waals surface area contributed by atoms with E-state index < -0.39 is 12.2 Å². The Labute approximate surface area is 281 Å². The molecule has 0 aliphatic rings. The quantitative estimate of drug-likeness (QED) is 0.0741. The van der Waals surface area contributed by atoms with Gasteiger partial charge in [0.05, 0.1) is 20.1 Å². The number of Topliss-reactive ketones (excluding diaryl/α,β-unsaturated/α-hetero) is 1. The van der Waals surface area contributed by atoms with E-state index in [0.717, 1.165) is 16.7 Å². The lowest BCUT2D eigenvalue weighted by Gasteiger charge is -2.27. The highest BCUT2D eigenvalue weighted by Gasteiger charge is 2.37. The summed E-state index contributed by atoms with van der Waals surface area (Å²) >= 11 is 0. The molecule has 0 saturated carbocycles. The molecule has 0 amide bonds. The fraction of sp³-hybridized carbons (Fsp3) is 0.225. The molecule has 0 spiro atoms. The molecule has 8 nitrogen and oxygen atoms in total. The second-order valence-electron chi connectivity index (χ2n) is 10.9. The number of ether oxygens (including phenoxy) is 7. The van der Waals surface area contributed by atoms with Crippen molar-refractivity contribution in [2.24, 2.45) is 0 Å². The van der Waals surface area contributed by atoms with E-state index in [1.807, 2.05) is 115 Å². The maximum atomic E-state index is 14.8. The number of hydrogen-bond acceptors (Lipinski definition) is 8. The van der Waals surface area contributed by atoms with Crippen LogP contribution in [-0.2, 0) is 29.3 Å². The Morgan fingerprint density at radius 1 is 0.542 bits per heavy atom. The summed E-state index contributed by atoms with van der Waals surface area (Å²) in [5, 5.41) is 0. The lowest BCUT2D eigenvalue weighted by Crippen LogP contribution is -2.30. The molecule has 5 rings (SSSR count). The van der Waals surface area contributed by atoms with Gasteiger partial charge in [-0.15, -0.1) is 0 Å². The van der Waals surface area contributed by atoms with Crippen LogP contribution in [0.25, 0.3) is 0 Å². The lowest BCUT2D eigenvalue weighted by atomic mass is 9.88. The van der Waals surface area contributed by atoms with Crippen molar-refractivity contribution in [2.75, 3.05) is 28.4 Å². The second-order valence-corrected chi connectivity index (χ2v) is 10.9. The van der Waals surface area contributed by atoms with Crippen LogP contribution in [0.3, 0.4) is 0 Å². The molecule has 0 aliphatic carbocycles. The van der Waals surface area contributed by atoms with E-state index in [-0.39, 0.29) is 41.8 Å². The SMILES string of the molecule is COc1cc(OCc2ccccc2)c(OC)c(OCc2ccccc2)c1C(=O)C(c1ccc(OCc2ccccc2)cc1)C(OC)OC. The standard InChI is InChI=1S/C40H40O8/c1-42-33-24-34(47-26-29-16-10-6-11-17-29)38(43-2)39(48-27-30-18-12-7-13-19-30)36(33)37(41)35(40(44-3)45-4)31-20-22-32(23-21-31)46-25-28-14-8-5-9-15-28/h5-24,35,40H,25-27H2,1-4H3. The zero-order valence-corrected chi connectivity index (χ0v) is 27.6. The van der Waals surface area contributed by atoms with Crippen molar-refractivity contribution in [3.63, 3.8) is 0 Å². The van der Waals surface area contributed by atoms with Crippen LogP contribution in [0, 0.1) is 0 Å². The van der Waals surface area contributed by atoms with E-state index in [4.69, 9.17) is 33.2 Å². The van der Waals surface area contributed by atoms with E-state index in [1.54, 1.807) is 6.07 Å². The summed E-state index contributed by atoms with van der Waals surface area (Å²) in [5.41, 5.74) is 3.74. The smallest absolute Gasteiger partial charge is 0.204 e. The highest BCUT2D eigenvalue weighted by molar-refractivity contribution is 6.07. The number of carbonyl (C=O) groups excluding carboxylic acids is 1. The van der Waals surface area contributed by atoms with Crippen molar-refractivity contribution in [3.8, 4) is 28.7 Å². The van der Waals surface area contributed by atoms with Gasteiger partial charge in [0, 0.05) is 20.3 Å². The monoisotopic (exact) mass is 648 g/mol. The molecule has 0 bridgehead atoms. The van der Waals surface area contributed by atoms with Crippen molar-refractivity contribution in [2.45, 2.75) is 32.0 Å². The average molecular weight is 649 g/mol. The summed E-state index contributed by atoms with van der Waals surface area (Å²) in [6.07, 6.45) is -0.930. The first kappa shape index (κ1) is 34.0. The lowest BCUT2D eigenvalue weighted by molar-refractivity contribution is -0.110. The molecule has 248 valence electrons. The summed E-state index contributed by atoms with van der Waals surface area (Å²) in [6, 6.07) is 38.3. The van der Waals surface area contributed by atoms with E-state index in [1.165, 1.54) is 28.4 Å². The number of benzene rings is 5. The predicted octanol–water partition coefficient (Wildman–Crippen LogP) is 8.03. The molecule has 0 radical (unpaired) electrons. The minimum Gasteiger partial charge on any atom is -0.496 e. The molecule has 0 saturated heterocycles. The Kier molecular flexibility index (Phi) is 12.1. The van der Waals surface area contributed by atoms with Gasteiger partial charge in [-0.05, 0) is 34.4 Å². The van der Waals surface area contributed by atoms with Gasteiger partial charge in [0.15, 0.2) is 23.6 Å². The molecule has 5 aromatic rings. The first-order valence-corrected chi connectivity index (χ1v) is 15.5. The normalized spacial score (nSPS) is 11.5. The number of carbonyl (C=O) groups is 1. The van der Waals surface area contributed by atoms with Crippen LogP contribution in [0.4, 0.5) is 0 Å². The van der Waals surface area contributed by atoms with Gasteiger partial charge in [-0.2, -0.15) is 0 Å². The third kappa shape index (κ3) is 8.34. The number of ketones is 1. The zero-order chi connectivity index (χ0) is 33.7. The van der Waals surface area contributed by atoms with Gasteiger partial charge in [0.2, 0.25) is 5.75 Å². The number of rotatable bonds is 17. The van der Waals surface area contributed by atoms with Gasteiger partial charge in [0.1, 0.15) is 36.9 Å². The average Bonchev–Trinajstić information content (AvgIpc) is 3.15. The van der Waals surface area contributed by atoms with E-state index >= 15 is 0 Å². The molecule has 1 unspecified atom stereocenters. The third-order valence-corrected chi connectivity index (χ3v) is 7.81. The molecule has 0 fully saturated rings. The molecule has 1 atom stereocenters. The van der Waals surface area contributed by atoms with Crippen molar-refractivity contribution < 1.29 is 38.0 Å². The summed E-state index contributed by atoms with van der Waals surface area (Å²) in [6.45, 7) is 0.848. The second kappa shape index (κ2) is 17.0. The Balaban J connectivity index is 1.54. The van der Waals surface area contributed by atoms with E-state index in [0.29, 0.717) is 23.7 Å². The molecule has 0 aromatic heterocycles. The molecule has 48 heavy (non-hydrogen) atoms. The van der Waals surface area contributed by atoms with Crippen LogP contribution in [0.1, 0.15) is 38.5 Å². The summed E-state index contributed by atoms with van der Waals surface area (Å²) < 4.78 is 41.8.